The predicted octanol–water partition coefficient (Wildman–Crippen LogP) is 1.97. The molecule has 31 heavy (non-hydrogen) atoms. The van der Waals surface area contributed by atoms with Crippen molar-refractivity contribution in [2.24, 2.45) is 10.7 Å². The van der Waals surface area contributed by atoms with Crippen LogP contribution in [0.1, 0.15) is 23.0 Å². The fourth-order valence-corrected chi connectivity index (χ4v) is 3.46. The van der Waals surface area contributed by atoms with Gasteiger partial charge in [0.05, 0.1) is 32.2 Å². The molecular formula is C19H20ClF2N5O4. The summed E-state index contributed by atoms with van der Waals surface area (Å²) in [5.41, 5.74) is 1.98. The lowest BCUT2D eigenvalue weighted by Gasteiger charge is -2.38. The zero-order valence-electron chi connectivity index (χ0n) is 16.4. The maximum Gasteiger partial charge on any atom is 0.283 e. The molecule has 0 radical (unpaired) electrons. The third kappa shape index (κ3) is 3.98. The van der Waals surface area contributed by atoms with Gasteiger partial charge >= 0.3 is 0 Å². The molecule has 3 heterocycles. The van der Waals surface area contributed by atoms with E-state index in [0.717, 1.165) is 6.07 Å². The lowest BCUT2D eigenvalue weighted by atomic mass is 9.78. The molecular weight excluding hydrogens is 436 g/mol. The van der Waals surface area contributed by atoms with Gasteiger partial charge in [-0.1, -0.05) is 0 Å². The molecule has 166 valence electrons. The van der Waals surface area contributed by atoms with Crippen molar-refractivity contribution in [3.8, 4) is 5.88 Å². The molecule has 1 aromatic carbocycles. The topological polar surface area (TPSA) is 121 Å². The van der Waals surface area contributed by atoms with Gasteiger partial charge < -0.3 is 25.3 Å². The minimum atomic E-state index is -2.10. The second-order valence-corrected chi connectivity index (χ2v) is 6.88. The molecule has 2 aromatic rings. The number of benzene rings is 1. The van der Waals surface area contributed by atoms with E-state index in [1.54, 1.807) is 6.92 Å². The van der Waals surface area contributed by atoms with E-state index < -0.39 is 29.5 Å². The summed E-state index contributed by atoms with van der Waals surface area (Å²) in [6.07, 6.45) is 2.57. The van der Waals surface area contributed by atoms with Gasteiger partial charge in [0, 0.05) is 11.3 Å². The summed E-state index contributed by atoms with van der Waals surface area (Å²) < 4.78 is 45.7. The first-order valence-electron chi connectivity index (χ1n) is 9.18. The quantitative estimate of drug-likeness (QED) is 0.706. The number of nitrogens with two attached hydrogens (primary N) is 1. The average Bonchev–Trinajstić information content (AvgIpc) is 3.07. The van der Waals surface area contributed by atoms with Gasteiger partial charge in [0.15, 0.2) is 11.2 Å². The zero-order chi connectivity index (χ0) is 21.4. The van der Waals surface area contributed by atoms with Crippen molar-refractivity contribution in [3.63, 3.8) is 0 Å². The van der Waals surface area contributed by atoms with Gasteiger partial charge in [0.2, 0.25) is 5.88 Å². The minimum Gasteiger partial charge on any atom is -0.477 e. The molecule has 0 bridgehead atoms. The van der Waals surface area contributed by atoms with E-state index in [4.69, 9.17) is 19.9 Å². The minimum absolute atomic E-state index is 0. The highest BCUT2D eigenvalue weighted by atomic mass is 35.5. The third-order valence-electron chi connectivity index (χ3n) is 4.96. The van der Waals surface area contributed by atoms with Gasteiger partial charge in [-0.3, -0.25) is 4.79 Å². The second kappa shape index (κ2) is 8.60. The van der Waals surface area contributed by atoms with Crippen LogP contribution >= 0.6 is 12.4 Å². The Morgan fingerprint density at radius 3 is 2.81 bits per heavy atom. The first kappa shape index (κ1) is 22.6. The molecule has 2 aliphatic rings. The molecule has 0 aliphatic carbocycles. The van der Waals surface area contributed by atoms with Gasteiger partial charge in [-0.05, 0) is 25.1 Å². The molecule has 1 fully saturated rings. The molecule has 1 amide bonds. The monoisotopic (exact) mass is 455 g/mol. The molecule has 3 N–H and O–H groups in total. The summed E-state index contributed by atoms with van der Waals surface area (Å²) in [4.78, 5) is 24.5. The zero-order valence-corrected chi connectivity index (χ0v) is 17.2. The Kier molecular flexibility index (Phi) is 6.27. The van der Waals surface area contributed by atoms with Crippen LogP contribution in [0.3, 0.4) is 0 Å². The van der Waals surface area contributed by atoms with Gasteiger partial charge in [0.25, 0.3) is 11.9 Å². The highest BCUT2D eigenvalue weighted by molar-refractivity contribution is 6.02. The molecule has 0 spiro atoms. The van der Waals surface area contributed by atoms with Crippen molar-refractivity contribution >= 4 is 30.0 Å². The molecule has 0 unspecified atom stereocenters. The fourth-order valence-electron chi connectivity index (χ4n) is 3.46. The number of carbonyl (C=O) groups excluding carboxylic acids is 1. The fraction of sp³-hybridized carbons (Fsp3) is 0.368. The first-order chi connectivity index (χ1) is 14.4. The van der Waals surface area contributed by atoms with E-state index in [-0.39, 0.29) is 54.5 Å². The summed E-state index contributed by atoms with van der Waals surface area (Å²) in [6, 6.07) is 3.51. The average molecular weight is 456 g/mol. The van der Waals surface area contributed by atoms with Crippen molar-refractivity contribution in [2.75, 3.05) is 31.7 Å². The number of nitrogens with one attached hydrogen (secondary N) is 1. The Morgan fingerprint density at radius 2 is 2.10 bits per heavy atom. The number of amidine groups is 1. The highest BCUT2D eigenvalue weighted by Crippen LogP contribution is 2.48. The number of rotatable bonds is 5. The van der Waals surface area contributed by atoms with Crippen LogP contribution in [0, 0.1) is 5.82 Å². The van der Waals surface area contributed by atoms with E-state index >= 15 is 4.39 Å². The van der Waals surface area contributed by atoms with Crippen molar-refractivity contribution < 1.29 is 27.8 Å². The number of hydrogen-bond donors (Lipinski definition) is 2. The van der Waals surface area contributed by atoms with Crippen LogP contribution in [0.4, 0.5) is 14.5 Å². The largest absolute Gasteiger partial charge is 0.477 e. The number of anilines is 1. The van der Waals surface area contributed by atoms with E-state index in [0.29, 0.717) is 6.61 Å². The number of hydrogen-bond acceptors (Lipinski definition) is 8. The van der Waals surface area contributed by atoms with Crippen LogP contribution in [-0.4, -0.2) is 54.0 Å². The van der Waals surface area contributed by atoms with Crippen molar-refractivity contribution in [3.05, 3.63) is 47.7 Å². The van der Waals surface area contributed by atoms with Gasteiger partial charge in [-0.25, -0.2) is 23.7 Å². The molecule has 12 heteroatoms. The van der Waals surface area contributed by atoms with Crippen LogP contribution in [0.25, 0.3) is 0 Å². The number of halogens is 3. The van der Waals surface area contributed by atoms with Crippen molar-refractivity contribution in [1.29, 1.82) is 0 Å². The Morgan fingerprint density at radius 1 is 1.29 bits per heavy atom. The number of carbonyl (C=O) groups is 1. The maximum atomic E-state index is 15.5. The Hall–Kier alpha value is -3.05. The number of fused-ring (bicyclic) bond motifs is 1. The van der Waals surface area contributed by atoms with Crippen molar-refractivity contribution in [2.45, 2.75) is 18.1 Å². The lowest BCUT2D eigenvalue weighted by Crippen LogP contribution is -2.55. The predicted molar refractivity (Wildman–Crippen MR) is 109 cm³/mol. The van der Waals surface area contributed by atoms with Crippen molar-refractivity contribution in [1.82, 2.24) is 9.97 Å². The van der Waals surface area contributed by atoms with Gasteiger partial charge in [0.1, 0.15) is 18.1 Å². The van der Waals surface area contributed by atoms with E-state index in [2.05, 4.69) is 20.3 Å². The molecule has 9 nitrogen and oxygen atoms in total. The number of nitrogens with zero attached hydrogens (tertiary/aromatic N) is 3. The Bertz CT molecular complexity index is 1010. The standard InChI is InChI=1S/C19H19F2N5O4.ClH/c1-2-29-15-7-23-14(6-24-15)16(27)25-11-3-4-13(20)12(5-11)19-10-28-8-18(19,21)9-30-17(22)26-19;/h3-7H,2,8-10H2,1H3,(H2,22,26)(H,25,27);1H/t18-,19-;/m1./s1. The maximum absolute atomic E-state index is 15.5. The number of amides is 1. The lowest BCUT2D eigenvalue weighted by molar-refractivity contribution is 0.00905. The van der Waals surface area contributed by atoms with Gasteiger partial charge in [-0.2, -0.15) is 0 Å². The number of aromatic nitrogens is 2. The summed E-state index contributed by atoms with van der Waals surface area (Å²) in [6.45, 7) is 1.26. The van der Waals surface area contributed by atoms with Crippen LogP contribution in [-0.2, 0) is 15.0 Å². The SMILES string of the molecule is CCOc1cnc(C(=O)Nc2ccc(F)c([C@]34COC[C@@]3(F)COC(N)=N4)c2)cn1.Cl. The van der Waals surface area contributed by atoms with E-state index in [9.17, 15) is 9.18 Å². The molecule has 1 saturated heterocycles. The molecule has 1 aromatic heterocycles. The van der Waals surface area contributed by atoms with Crippen LogP contribution in [0.5, 0.6) is 5.88 Å². The van der Waals surface area contributed by atoms with E-state index in [1.165, 1.54) is 24.5 Å². The summed E-state index contributed by atoms with van der Waals surface area (Å²) in [5.74, 6) is -1.00. The van der Waals surface area contributed by atoms with E-state index in [1.807, 2.05) is 0 Å². The Balaban J connectivity index is 0.00000272. The third-order valence-corrected chi connectivity index (χ3v) is 4.96. The van der Waals surface area contributed by atoms with Crippen LogP contribution < -0.4 is 15.8 Å². The number of ether oxygens (including phenoxy) is 3. The second-order valence-electron chi connectivity index (χ2n) is 6.88. The Labute approximate surface area is 182 Å². The summed E-state index contributed by atoms with van der Waals surface area (Å²) >= 11 is 0. The smallest absolute Gasteiger partial charge is 0.283 e. The van der Waals surface area contributed by atoms with Crippen LogP contribution in [0.15, 0.2) is 35.6 Å². The summed E-state index contributed by atoms with van der Waals surface area (Å²) in [5, 5.41) is 2.59. The van der Waals surface area contributed by atoms with Crippen LogP contribution in [0.2, 0.25) is 0 Å². The molecule has 2 atom stereocenters. The number of aliphatic imine (C=N–C) groups is 1. The molecule has 4 rings (SSSR count). The molecule has 0 saturated carbocycles. The molecule has 2 aliphatic heterocycles. The number of alkyl halides is 1. The summed E-state index contributed by atoms with van der Waals surface area (Å²) in [7, 11) is 0. The van der Waals surface area contributed by atoms with Gasteiger partial charge in [-0.15, -0.1) is 12.4 Å². The normalized spacial score (nSPS) is 24.3. The first-order valence-corrected chi connectivity index (χ1v) is 9.18. The highest BCUT2D eigenvalue weighted by Gasteiger charge is 2.62.